The van der Waals surface area contributed by atoms with Crippen LogP contribution in [0, 0.1) is 17.0 Å². The summed E-state index contributed by atoms with van der Waals surface area (Å²) >= 11 is 1.70. The largest absolute Gasteiger partial charge is 0.311 e. The van der Waals surface area contributed by atoms with Crippen molar-refractivity contribution in [2.75, 3.05) is 5.32 Å². The molecule has 0 aliphatic carbocycles. The number of anilines is 1. The Bertz CT molecular complexity index is 1200. The second-order valence-electron chi connectivity index (χ2n) is 7.19. The smallest absolute Gasteiger partial charge is 0.269 e. The normalized spacial score (nSPS) is 11.0. The van der Waals surface area contributed by atoms with Gasteiger partial charge in [-0.05, 0) is 50.5 Å². The molecule has 4 aromatic rings. The number of aryl methyl sites for hydroxylation is 2. The molecule has 0 unspecified atom stereocenters. The number of unbranched alkanes of at least 4 members (excludes halogenated alkanes) is 1. The third kappa shape index (κ3) is 4.95. The molecule has 0 atom stereocenters. The lowest BCUT2D eigenvalue weighted by molar-refractivity contribution is -0.384. The van der Waals surface area contributed by atoms with E-state index in [2.05, 4.69) is 21.5 Å². The van der Waals surface area contributed by atoms with Gasteiger partial charge in [-0.15, -0.1) is 11.3 Å². The van der Waals surface area contributed by atoms with Crippen LogP contribution in [-0.2, 0) is 11.2 Å². The van der Waals surface area contributed by atoms with E-state index in [4.69, 9.17) is 0 Å². The summed E-state index contributed by atoms with van der Waals surface area (Å²) in [5.41, 5.74) is 2.41. The topological polar surface area (TPSA) is 103 Å². The highest BCUT2D eigenvalue weighted by atomic mass is 32.1. The number of carbonyl (C=O) groups excluding carboxylic acids is 1. The third-order valence-electron chi connectivity index (χ3n) is 4.79. The van der Waals surface area contributed by atoms with Crippen LogP contribution in [0.15, 0.2) is 54.6 Å². The number of amides is 1. The molecule has 31 heavy (non-hydrogen) atoms. The zero-order chi connectivity index (χ0) is 21.8. The number of benzene rings is 2. The van der Waals surface area contributed by atoms with Gasteiger partial charge in [0.2, 0.25) is 5.91 Å². The summed E-state index contributed by atoms with van der Waals surface area (Å²) in [6.07, 6.45) is 2.89. The number of nitro groups is 1. The molecule has 0 aliphatic rings. The summed E-state index contributed by atoms with van der Waals surface area (Å²) in [6.45, 7) is 1.83. The molecule has 2 aromatic carbocycles. The summed E-state index contributed by atoms with van der Waals surface area (Å²) < 4.78 is 2.77. The van der Waals surface area contributed by atoms with Crippen molar-refractivity contribution in [1.82, 2.24) is 14.8 Å². The highest BCUT2D eigenvalue weighted by Crippen LogP contribution is 2.23. The van der Waals surface area contributed by atoms with E-state index in [0.29, 0.717) is 17.9 Å². The number of thiazole rings is 1. The van der Waals surface area contributed by atoms with Crippen molar-refractivity contribution in [1.29, 1.82) is 0 Å². The van der Waals surface area contributed by atoms with Crippen molar-refractivity contribution in [3.05, 3.63) is 75.4 Å². The number of aromatic nitrogens is 3. The first-order valence-corrected chi connectivity index (χ1v) is 10.8. The molecule has 4 rings (SSSR count). The Kier molecular flexibility index (Phi) is 6.03. The van der Waals surface area contributed by atoms with E-state index in [1.54, 1.807) is 34.2 Å². The fourth-order valence-corrected chi connectivity index (χ4v) is 4.30. The van der Waals surface area contributed by atoms with Gasteiger partial charge in [0.1, 0.15) is 5.82 Å². The first-order valence-electron chi connectivity index (χ1n) is 9.95. The molecule has 0 bridgehead atoms. The highest BCUT2D eigenvalue weighted by Gasteiger charge is 2.13. The molecule has 1 N–H and O–H groups in total. The highest BCUT2D eigenvalue weighted by molar-refractivity contribution is 7.18. The number of nitrogens with zero attached hydrogens (tertiary/aromatic N) is 4. The number of fused-ring (bicyclic) bond motifs is 1. The van der Waals surface area contributed by atoms with Crippen molar-refractivity contribution in [2.24, 2.45) is 0 Å². The molecule has 0 saturated heterocycles. The van der Waals surface area contributed by atoms with Crippen LogP contribution in [0.25, 0.3) is 15.9 Å². The van der Waals surface area contributed by atoms with Crippen molar-refractivity contribution < 1.29 is 9.72 Å². The lowest BCUT2D eigenvalue weighted by Gasteiger charge is -2.09. The summed E-state index contributed by atoms with van der Waals surface area (Å²) in [7, 11) is 0. The number of non-ortho nitro benzene ring substituents is 1. The van der Waals surface area contributed by atoms with Crippen molar-refractivity contribution in [2.45, 2.75) is 32.6 Å². The molecule has 8 nitrogen and oxygen atoms in total. The van der Waals surface area contributed by atoms with Gasteiger partial charge in [0.25, 0.3) is 5.69 Å². The number of nitro benzene ring substituents is 1. The van der Waals surface area contributed by atoms with Gasteiger partial charge in [0, 0.05) is 24.6 Å². The number of nitrogens with one attached hydrogen (secondary N) is 1. The second-order valence-corrected chi connectivity index (χ2v) is 8.30. The molecule has 9 heteroatoms. The van der Waals surface area contributed by atoms with E-state index < -0.39 is 4.92 Å². The third-order valence-corrected chi connectivity index (χ3v) is 5.88. The maximum absolute atomic E-state index is 12.4. The van der Waals surface area contributed by atoms with Gasteiger partial charge in [-0.3, -0.25) is 14.9 Å². The van der Waals surface area contributed by atoms with Crippen LogP contribution in [0.5, 0.6) is 0 Å². The lowest BCUT2D eigenvalue weighted by Crippen LogP contribution is -2.14. The van der Waals surface area contributed by atoms with Gasteiger partial charge < -0.3 is 5.32 Å². The van der Waals surface area contributed by atoms with Crippen LogP contribution < -0.4 is 5.32 Å². The molecule has 1 amide bonds. The Labute approximate surface area is 182 Å². The predicted octanol–water partition coefficient (Wildman–Crippen LogP) is 5.05. The molecule has 0 spiro atoms. The van der Waals surface area contributed by atoms with Crippen LogP contribution in [-0.4, -0.2) is 25.6 Å². The van der Waals surface area contributed by atoms with E-state index in [-0.39, 0.29) is 11.6 Å². The zero-order valence-corrected chi connectivity index (χ0v) is 17.8. The summed E-state index contributed by atoms with van der Waals surface area (Å²) in [6, 6.07) is 15.9. The molecule has 2 aromatic heterocycles. The van der Waals surface area contributed by atoms with Crippen LogP contribution in [0.2, 0.25) is 0 Å². The molecule has 158 valence electrons. The maximum Gasteiger partial charge on any atom is 0.269 e. The van der Waals surface area contributed by atoms with E-state index in [1.807, 2.05) is 25.1 Å². The number of para-hydroxylation sites is 1. The molecule has 0 saturated carbocycles. The Hall–Kier alpha value is -3.59. The zero-order valence-electron chi connectivity index (χ0n) is 16.9. The molecular formula is C22H21N5O3S. The Balaban J connectivity index is 1.32. The van der Waals surface area contributed by atoms with E-state index in [1.165, 1.54) is 16.8 Å². The van der Waals surface area contributed by atoms with E-state index >= 15 is 0 Å². The minimum absolute atomic E-state index is 0.00587. The molecule has 2 heterocycles. The molecular weight excluding hydrogens is 414 g/mol. The second kappa shape index (κ2) is 9.05. The first kappa shape index (κ1) is 20.7. The predicted molar refractivity (Wildman–Crippen MR) is 121 cm³/mol. The van der Waals surface area contributed by atoms with Gasteiger partial charge >= 0.3 is 0 Å². The van der Waals surface area contributed by atoms with E-state index in [0.717, 1.165) is 35.5 Å². The molecule has 0 fully saturated rings. The Morgan fingerprint density at radius 1 is 1.16 bits per heavy atom. The number of rotatable bonds is 8. The van der Waals surface area contributed by atoms with Crippen molar-refractivity contribution >= 4 is 39.0 Å². The van der Waals surface area contributed by atoms with Gasteiger partial charge in [-0.25, -0.2) is 9.67 Å². The van der Waals surface area contributed by atoms with Gasteiger partial charge in [0.15, 0.2) is 0 Å². The maximum atomic E-state index is 12.4. The van der Waals surface area contributed by atoms with Crippen LogP contribution in [0.1, 0.15) is 30.0 Å². The Morgan fingerprint density at radius 2 is 1.94 bits per heavy atom. The van der Waals surface area contributed by atoms with Crippen LogP contribution in [0.4, 0.5) is 11.5 Å². The van der Waals surface area contributed by atoms with Crippen LogP contribution in [0.3, 0.4) is 0 Å². The van der Waals surface area contributed by atoms with Gasteiger partial charge in [-0.2, -0.15) is 5.10 Å². The summed E-state index contributed by atoms with van der Waals surface area (Å²) in [4.78, 5) is 27.5. The minimum atomic E-state index is -0.449. The number of hydrogen-bond donors (Lipinski definition) is 1. The SMILES string of the molecule is Cc1cc(NC(=O)CCCCc2nc3ccccc3s2)n(-c2ccc([N+](=O)[O-])cc2)n1. The van der Waals surface area contributed by atoms with Gasteiger partial charge in [-0.1, -0.05) is 12.1 Å². The van der Waals surface area contributed by atoms with Crippen LogP contribution >= 0.6 is 11.3 Å². The van der Waals surface area contributed by atoms with Gasteiger partial charge in [0.05, 0.1) is 31.5 Å². The number of hydrogen-bond acceptors (Lipinski definition) is 6. The van der Waals surface area contributed by atoms with Crippen molar-refractivity contribution in [3.8, 4) is 5.69 Å². The average molecular weight is 436 g/mol. The monoisotopic (exact) mass is 435 g/mol. The quantitative estimate of drug-likeness (QED) is 0.237. The minimum Gasteiger partial charge on any atom is -0.311 e. The average Bonchev–Trinajstić information content (AvgIpc) is 3.34. The standard InChI is InChI=1S/C22H21N5O3S/c1-15-14-20(26(25-15)16-10-12-17(13-11-16)27(29)30)24-21(28)8-4-5-9-22-23-18-6-2-3-7-19(18)31-22/h2-3,6-7,10-14H,4-5,8-9H2,1H3,(H,24,28). The number of carbonyl (C=O) groups is 1. The fourth-order valence-electron chi connectivity index (χ4n) is 3.29. The first-order chi connectivity index (χ1) is 15.0. The fraction of sp³-hybridized carbons (Fsp3) is 0.227. The Morgan fingerprint density at radius 3 is 2.68 bits per heavy atom. The summed E-state index contributed by atoms with van der Waals surface area (Å²) in [5.74, 6) is 0.454. The lowest BCUT2D eigenvalue weighted by atomic mass is 10.2. The van der Waals surface area contributed by atoms with Crippen molar-refractivity contribution in [3.63, 3.8) is 0 Å². The molecule has 0 aliphatic heterocycles. The molecule has 0 radical (unpaired) electrons. The summed E-state index contributed by atoms with van der Waals surface area (Å²) in [5, 5.41) is 19.2. The van der Waals surface area contributed by atoms with E-state index in [9.17, 15) is 14.9 Å².